The fourth-order valence-electron chi connectivity index (χ4n) is 1.41. The minimum absolute atomic E-state index is 0.00304. The molecule has 1 unspecified atom stereocenters. The summed E-state index contributed by atoms with van der Waals surface area (Å²) in [5.41, 5.74) is 0.959. The summed E-state index contributed by atoms with van der Waals surface area (Å²) >= 11 is 0. The highest BCUT2D eigenvalue weighted by Crippen LogP contribution is 2.16. The Bertz CT molecular complexity index is 407. The molecule has 1 rings (SSSR count). The third kappa shape index (κ3) is 3.17. The summed E-state index contributed by atoms with van der Waals surface area (Å²) in [6, 6.07) is 2.99. The molecule has 0 aliphatic carbocycles. The Hall–Kier alpha value is -1.62. The first-order valence-corrected chi connectivity index (χ1v) is 5.57. The van der Waals surface area contributed by atoms with Gasteiger partial charge < -0.3 is 15.1 Å². The summed E-state index contributed by atoms with van der Waals surface area (Å²) in [5, 5.41) is 18.1. The Morgan fingerprint density at radius 3 is 2.65 bits per heavy atom. The Morgan fingerprint density at radius 1 is 1.53 bits per heavy atom. The lowest BCUT2D eigenvalue weighted by Crippen LogP contribution is -2.32. The molecule has 2 N–H and O–H groups in total. The van der Waals surface area contributed by atoms with E-state index in [0.717, 1.165) is 5.69 Å². The maximum Gasteiger partial charge on any atom is 0.335 e. The van der Waals surface area contributed by atoms with Gasteiger partial charge in [-0.1, -0.05) is 6.92 Å². The van der Waals surface area contributed by atoms with Gasteiger partial charge in [-0.25, -0.2) is 9.78 Å². The number of aromatic nitrogens is 1. The number of pyridine rings is 1. The zero-order chi connectivity index (χ0) is 13.0. The van der Waals surface area contributed by atoms with Gasteiger partial charge in [0.2, 0.25) is 0 Å². The zero-order valence-corrected chi connectivity index (χ0v) is 10.3. The van der Waals surface area contributed by atoms with E-state index < -0.39 is 5.97 Å². The van der Waals surface area contributed by atoms with Gasteiger partial charge in [0.25, 0.3) is 0 Å². The van der Waals surface area contributed by atoms with Crippen molar-refractivity contribution in [2.24, 2.45) is 0 Å². The maximum atomic E-state index is 11.0. The molecule has 0 aromatic carbocycles. The number of carboxylic acid groups (broad SMARTS) is 1. The van der Waals surface area contributed by atoms with E-state index in [4.69, 9.17) is 10.2 Å². The average Bonchev–Trinajstić information content (AvgIpc) is 2.36. The van der Waals surface area contributed by atoms with E-state index in [1.165, 1.54) is 6.07 Å². The number of carboxylic acids is 1. The molecule has 94 valence electrons. The summed E-state index contributed by atoms with van der Waals surface area (Å²) in [6.07, 6.45) is 0.676. The molecular formula is C12H18N2O3. The minimum atomic E-state index is -0.964. The van der Waals surface area contributed by atoms with E-state index in [9.17, 15) is 4.79 Å². The smallest absolute Gasteiger partial charge is 0.335 e. The lowest BCUT2D eigenvalue weighted by Gasteiger charge is -2.24. The largest absolute Gasteiger partial charge is 0.478 e. The summed E-state index contributed by atoms with van der Waals surface area (Å²) in [4.78, 5) is 17.1. The van der Waals surface area contributed by atoms with Crippen LogP contribution in [0.1, 0.15) is 29.9 Å². The van der Waals surface area contributed by atoms with Gasteiger partial charge in [-0.15, -0.1) is 0 Å². The molecule has 0 spiro atoms. The summed E-state index contributed by atoms with van der Waals surface area (Å²) in [5.74, 6) is -0.392. The van der Waals surface area contributed by atoms with Gasteiger partial charge in [0.15, 0.2) is 0 Å². The SMILES string of the molecule is CCc1cc(C(=O)O)cc(N(C)C(C)CO)n1. The van der Waals surface area contributed by atoms with Crippen molar-refractivity contribution in [3.8, 4) is 0 Å². The van der Waals surface area contributed by atoms with E-state index in [1.54, 1.807) is 18.0 Å². The van der Waals surface area contributed by atoms with E-state index in [0.29, 0.717) is 12.2 Å². The number of hydrogen-bond donors (Lipinski definition) is 2. The number of aryl methyl sites for hydroxylation is 1. The summed E-state index contributed by atoms with van der Waals surface area (Å²) in [7, 11) is 1.79. The Labute approximate surface area is 101 Å². The number of likely N-dealkylation sites (N-methyl/N-ethyl adjacent to an activating group) is 1. The first-order chi connectivity index (χ1) is 7.99. The molecule has 5 heteroatoms. The summed E-state index contributed by atoms with van der Waals surface area (Å²) < 4.78 is 0. The lowest BCUT2D eigenvalue weighted by molar-refractivity contribution is 0.0696. The predicted molar refractivity (Wildman–Crippen MR) is 65.5 cm³/mol. The Kier molecular flexibility index (Phi) is 4.45. The number of nitrogens with zero attached hydrogens (tertiary/aromatic N) is 2. The zero-order valence-electron chi connectivity index (χ0n) is 10.3. The van der Waals surface area contributed by atoms with Crippen molar-refractivity contribution in [1.82, 2.24) is 4.98 Å². The van der Waals surface area contributed by atoms with E-state index in [1.807, 2.05) is 13.8 Å². The number of rotatable bonds is 5. The van der Waals surface area contributed by atoms with Crippen LogP contribution in [0.3, 0.4) is 0 Å². The maximum absolute atomic E-state index is 11.0. The van der Waals surface area contributed by atoms with Gasteiger partial charge in [-0.05, 0) is 25.5 Å². The van der Waals surface area contributed by atoms with Crippen LogP contribution in [0.25, 0.3) is 0 Å². The predicted octanol–water partition coefficient (Wildman–Crippen LogP) is 1.16. The van der Waals surface area contributed by atoms with E-state index in [-0.39, 0.29) is 18.2 Å². The number of aromatic carboxylic acids is 1. The third-order valence-electron chi connectivity index (χ3n) is 2.76. The van der Waals surface area contributed by atoms with Gasteiger partial charge >= 0.3 is 5.97 Å². The van der Waals surface area contributed by atoms with Gasteiger partial charge in [0.05, 0.1) is 18.2 Å². The van der Waals surface area contributed by atoms with Gasteiger partial charge in [-0.2, -0.15) is 0 Å². The second-order valence-corrected chi connectivity index (χ2v) is 4.01. The molecule has 0 fully saturated rings. The highest BCUT2D eigenvalue weighted by molar-refractivity contribution is 5.88. The average molecular weight is 238 g/mol. The molecule has 17 heavy (non-hydrogen) atoms. The summed E-state index contributed by atoms with van der Waals surface area (Å²) in [6.45, 7) is 3.77. The van der Waals surface area contributed by atoms with E-state index in [2.05, 4.69) is 4.98 Å². The number of anilines is 1. The molecule has 1 atom stereocenters. The molecular weight excluding hydrogens is 220 g/mol. The molecule has 1 heterocycles. The fraction of sp³-hybridized carbons (Fsp3) is 0.500. The molecule has 0 bridgehead atoms. The van der Waals surface area contributed by atoms with Crippen molar-refractivity contribution < 1.29 is 15.0 Å². The number of hydrogen-bond acceptors (Lipinski definition) is 4. The molecule has 0 saturated carbocycles. The number of aliphatic hydroxyl groups excluding tert-OH is 1. The van der Waals surface area contributed by atoms with Crippen LogP contribution in [0.15, 0.2) is 12.1 Å². The van der Waals surface area contributed by atoms with Gasteiger partial charge in [0.1, 0.15) is 5.82 Å². The standard InChI is InChI=1S/C12H18N2O3/c1-4-10-5-9(12(16)17)6-11(13-10)14(3)8(2)7-15/h5-6,8,15H,4,7H2,1-3H3,(H,16,17). The molecule has 1 aromatic rings. The lowest BCUT2D eigenvalue weighted by atomic mass is 10.2. The Morgan fingerprint density at radius 2 is 2.18 bits per heavy atom. The first-order valence-electron chi connectivity index (χ1n) is 5.57. The number of aliphatic hydroxyl groups is 1. The highest BCUT2D eigenvalue weighted by atomic mass is 16.4. The molecule has 5 nitrogen and oxygen atoms in total. The van der Waals surface area contributed by atoms with Crippen molar-refractivity contribution in [2.75, 3.05) is 18.6 Å². The van der Waals surface area contributed by atoms with Crippen LogP contribution in [0, 0.1) is 0 Å². The Balaban J connectivity index is 3.14. The van der Waals surface area contributed by atoms with Crippen LogP contribution in [-0.2, 0) is 6.42 Å². The molecule has 0 saturated heterocycles. The van der Waals surface area contributed by atoms with Crippen LogP contribution in [0.4, 0.5) is 5.82 Å². The second kappa shape index (κ2) is 5.63. The van der Waals surface area contributed by atoms with Crippen molar-refractivity contribution in [3.05, 3.63) is 23.4 Å². The molecule has 0 aliphatic heterocycles. The highest BCUT2D eigenvalue weighted by Gasteiger charge is 2.14. The molecule has 1 aromatic heterocycles. The van der Waals surface area contributed by atoms with Crippen LogP contribution in [-0.4, -0.2) is 40.9 Å². The first kappa shape index (κ1) is 13.4. The second-order valence-electron chi connectivity index (χ2n) is 4.01. The fourth-order valence-corrected chi connectivity index (χ4v) is 1.41. The van der Waals surface area contributed by atoms with Gasteiger partial charge in [0, 0.05) is 12.7 Å². The van der Waals surface area contributed by atoms with Gasteiger partial charge in [-0.3, -0.25) is 0 Å². The molecule has 0 aliphatic rings. The normalized spacial score (nSPS) is 12.2. The third-order valence-corrected chi connectivity index (χ3v) is 2.76. The topological polar surface area (TPSA) is 73.7 Å². The molecule has 0 amide bonds. The monoisotopic (exact) mass is 238 g/mol. The van der Waals surface area contributed by atoms with Crippen molar-refractivity contribution in [2.45, 2.75) is 26.3 Å². The van der Waals surface area contributed by atoms with Crippen LogP contribution in [0.5, 0.6) is 0 Å². The number of carbonyl (C=O) groups is 1. The van der Waals surface area contributed by atoms with Crippen molar-refractivity contribution in [1.29, 1.82) is 0 Å². The van der Waals surface area contributed by atoms with Crippen molar-refractivity contribution >= 4 is 11.8 Å². The minimum Gasteiger partial charge on any atom is -0.478 e. The molecule has 0 radical (unpaired) electrons. The quantitative estimate of drug-likeness (QED) is 0.805. The van der Waals surface area contributed by atoms with Crippen LogP contribution >= 0.6 is 0 Å². The van der Waals surface area contributed by atoms with E-state index >= 15 is 0 Å². The van der Waals surface area contributed by atoms with Crippen molar-refractivity contribution in [3.63, 3.8) is 0 Å². The van der Waals surface area contributed by atoms with Crippen LogP contribution < -0.4 is 4.90 Å². The van der Waals surface area contributed by atoms with Crippen LogP contribution in [0.2, 0.25) is 0 Å².